The number of hydrogen-bond acceptors (Lipinski definition) is 4. The van der Waals surface area contributed by atoms with Gasteiger partial charge in [-0.05, 0) is 24.5 Å². The Balaban J connectivity index is 1.70. The first-order chi connectivity index (χ1) is 13.5. The molecule has 0 spiro atoms. The monoisotopic (exact) mass is 388 g/mol. The largest absolute Gasteiger partial charge is 0.381 e. The molecule has 28 heavy (non-hydrogen) atoms. The number of nitrogens with zero attached hydrogens (tertiary/aromatic N) is 3. The molecule has 7 nitrogen and oxygen atoms in total. The summed E-state index contributed by atoms with van der Waals surface area (Å²) in [6.07, 6.45) is 1.06. The molecule has 2 fully saturated rings. The molecule has 154 valence electrons. The molecule has 2 unspecified atom stereocenters. The predicted octanol–water partition coefficient (Wildman–Crippen LogP) is 1.44. The van der Waals surface area contributed by atoms with Crippen LogP contribution in [0.3, 0.4) is 0 Å². The van der Waals surface area contributed by atoms with E-state index in [-0.39, 0.29) is 18.6 Å². The van der Waals surface area contributed by atoms with E-state index in [9.17, 15) is 4.79 Å². The molecule has 2 saturated heterocycles. The maximum absolute atomic E-state index is 12.0. The SMILES string of the molecule is Cc1ccccc1C1CN(C(=NCC(=O)N(C)C)NCC2CCOC2)CCO1. The summed E-state index contributed by atoms with van der Waals surface area (Å²) < 4.78 is 11.5. The highest BCUT2D eigenvalue weighted by molar-refractivity contribution is 5.85. The lowest BCUT2D eigenvalue weighted by Crippen LogP contribution is -2.49. The van der Waals surface area contributed by atoms with Gasteiger partial charge in [-0.25, -0.2) is 4.99 Å². The molecular formula is C21H32N4O3. The van der Waals surface area contributed by atoms with Crippen molar-refractivity contribution in [1.82, 2.24) is 15.1 Å². The number of ether oxygens (including phenoxy) is 2. The summed E-state index contributed by atoms with van der Waals surface area (Å²) in [5.74, 6) is 1.26. The van der Waals surface area contributed by atoms with E-state index in [0.29, 0.717) is 19.1 Å². The summed E-state index contributed by atoms with van der Waals surface area (Å²) in [7, 11) is 3.51. The fourth-order valence-corrected chi connectivity index (χ4v) is 3.51. The Hall–Kier alpha value is -2.12. The molecular weight excluding hydrogens is 356 g/mol. The summed E-state index contributed by atoms with van der Waals surface area (Å²) >= 11 is 0. The fourth-order valence-electron chi connectivity index (χ4n) is 3.51. The number of hydrogen-bond donors (Lipinski definition) is 1. The number of rotatable bonds is 5. The van der Waals surface area contributed by atoms with Crippen molar-refractivity contribution in [2.45, 2.75) is 19.4 Å². The van der Waals surface area contributed by atoms with Crippen molar-refractivity contribution in [3.05, 3.63) is 35.4 Å². The van der Waals surface area contributed by atoms with Gasteiger partial charge >= 0.3 is 0 Å². The third-order valence-corrected chi connectivity index (χ3v) is 5.34. The number of likely N-dealkylation sites (N-methyl/N-ethyl adjacent to an activating group) is 1. The van der Waals surface area contributed by atoms with Crippen LogP contribution in [0.25, 0.3) is 0 Å². The normalized spacial score (nSPS) is 23.0. The first-order valence-electron chi connectivity index (χ1n) is 10.0. The average molecular weight is 389 g/mol. The second-order valence-corrected chi connectivity index (χ2v) is 7.70. The minimum Gasteiger partial charge on any atom is -0.381 e. The van der Waals surface area contributed by atoms with Gasteiger partial charge in [0.15, 0.2) is 5.96 Å². The van der Waals surface area contributed by atoms with Gasteiger partial charge in [-0.1, -0.05) is 24.3 Å². The van der Waals surface area contributed by atoms with Crippen molar-refractivity contribution in [2.24, 2.45) is 10.9 Å². The number of carbonyl (C=O) groups is 1. The van der Waals surface area contributed by atoms with Gasteiger partial charge in [-0.3, -0.25) is 4.79 Å². The van der Waals surface area contributed by atoms with Crippen LogP contribution in [0.1, 0.15) is 23.7 Å². The highest BCUT2D eigenvalue weighted by atomic mass is 16.5. The molecule has 0 aliphatic carbocycles. The van der Waals surface area contributed by atoms with Crippen molar-refractivity contribution in [3.8, 4) is 0 Å². The van der Waals surface area contributed by atoms with E-state index >= 15 is 0 Å². The Kier molecular flexibility index (Phi) is 7.28. The van der Waals surface area contributed by atoms with Gasteiger partial charge in [0.2, 0.25) is 5.91 Å². The summed E-state index contributed by atoms with van der Waals surface area (Å²) in [5, 5.41) is 3.48. The molecule has 3 rings (SSSR count). The maximum atomic E-state index is 12.0. The van der Waals surface area contributed by atoms with E-state index in [2.05, 4.69) is 34.3 Å². The first-order valence-corrected chi connectivity index (χ1v) is 10.0. The quantitative estimate of drug-likeness (QED) is 0.611. The average Bonchev–Trinajstić information content (AvgIpc) is 3.22. The molecule has 1 amide bonds. The minimum atomic E-state index is -0.00721. The summed E-state index contributed by atoms with van der Waals surface area (Å²) in [5.41, 5.74) is 2.44. The van der Waals surface area contributed by atoms with Gasteiger partial charge in [-0.2, -0.15) is 0 Å². The Morgan fingerprint density at radius 3 is 2.86 bits per heavy atom. The van der Waals surface area contributed by atoms with Gasteiger partial charge in [0.1, 0.15) is 12.6 Å². The zero-order valence-corrected chi connectivity index (χ0v) is 17.2. The lowest BCUT2D eigenvalue weighted by molar-refractivity contribution is -0.127. The van der Waals surface area contributed by atoms with E-state index in [1.54, 1.807) is 19.0 Å². The standard InChI is InChI=1S/C21H32N4O3/c1-16-6-4-5-7-18(16)19-14-25(9-11-28-19)21(23-13-20(26)24(2)3)22-12-17-8-10-27-15-17/h4-7,17,19H,8-15H2,1-3H3,(H,22,23). The molecule has 0 aromatic heterocycles. The third kappa shape index (κ3) is 5.45. The zero-order chi connectivity index (χ0) is 19.9. The van der Waals surface area contributed by atoms with Crippen molar-refractivity contribution in [3.63, 3.8) is 0 Å². The number of nitrogens with one attached hydrogen (secondary N) is 1. The Morgan fingerprint density at radius 2 is 2.14 bits per heavy atom. The Labute approximate surface area is 167 Å². The van der Waals surface area contributed by atoms with E-state index in [1.807, 2.05) is 12.1 Å². The number of amides is 1. The minimum absolute atomic E-state index is 0.00122. The summed E-state index contributed by atoms with van der Waals surface area (Å²) in [4.78, 5) is 20.5. The number of aliphatic imine (C=N–C) groups is 1. The number of carbonyl (C=O) groups excluding carboxylic acids is 1. The van der Waals surface area contributed by atoms with Crippen LogP contribution in [-0.2, 0) is 14.3 Å². The number of guanidine groups is 1. The van der Waals surface area contributed by atoms with Crippen LogP contribution >= 0.6 is 0 Å². The van der Waals surface area contributed by atoms with Crippen molar-refractivity contribution >= 4 is 11.9 Å². The fraction of sp³-hybridized carbons (Fsp3) is 0.619. The highest BCUT2D eigenvalue weighted by Gasteiger charge is 2.26. The van der Waals surface area contributed by atoms with E-state index in [0.717, 1.165) is 38.7 Å². The topological polar surface area (TPSA) is 66.4 Å². The molecule has 1 N–H and O–H groups in total. The molecule has 2 atom stereocenters. The van der Waals surface area contributed by atoms with Crippen LogP contribution in [0.5, 0.6) is 0 Å². The molecule has 2 aliphatic rings. The van der Waals surface area contributed by atoms with Gasteiger partial charge in [0.25, 0.3) is 0 Å². The molecule has 0 radical (unpaired) electrons. The molecule has 7 heteroatoms. The van der Waals surface area contributed by atoms with Crippen LogP contribution < -0.4 is 5.32 Å². The summed E-state index contributed by atoms with van der Waals surface area (Å²) in [6.45, 7) is 6.77. The van der Waals surface area contributed by atoms with Crippen molar-refractivity contribution in [2.75, 3.05) is 60.1 Å². The van der Waals surface area contributed by atoms with Crippen molar-refractivity contribution < 1.29 is 14.3 Å². The van der Waals surface area contributed by atoms with E-state index in [1.165, 1.54) is 11.1 Å². The van der Waals surface area contributed by atoms with Crippen LogP contribution in [-0.4, -0.2) is 81.8 Å². The lowest BCUT2D eigenvalue weighted by atomic mass is 10.0. The summed E-state index contributed by atoms with van der Waals surface area (Å²) in [6, 6.07) is 8.33. The Morgan fingerprint density at radius 1 is 1.32 bits per heavy atom. The first kappa shape index (κ1) is 20.6. The highest BCUT2D eigenvalue weighted by Crippen LogP contribution is 2.25. The predicted molar refractivity (Wildman–Crippen MR) is 109 cm³/mol. The third-order valence-electron chi connectivity index (χ3n) is 5.34. The van der Waals surface area contributed by atoms with Crippen LogP contribution in [0.2, 0.25) is 0 Å². The lowest BCUT2D eigenvalue weighted by Gasteiger charge is -2.36. The number of morpholine rings is 1. The second-order valence-electron chi connectivity index (χ2n) is 7.70. The molecule has 0 saturated carbocycles. The molecule has 1 aromatic carbocycles. The molecule has 2 aliphatic heterocycles. The zero-order valence-electron chi connectivity index (χ0n) is 17.2. The maximum Gasteiger partial charge on any atom is 0.243 e. The van der Waals surface area contributed by atoms with Gasteiger partial charge < -0.3 is 24.6 Å². The van der Waals surface area contributed by atoms with Gasteiger partial charge in [-0.15, -0.1) is 0 Å². The van der Waals surface area contributed by atoms with E-state index < -0.39 is 0 Å². The van der Waals surface area contributed by atoms with Crippen molar-refractivity contribution in [1.29, 1.82) is 0 Å². The molecule has 1 aromatic rings. The van der Waals surface area contributed by atoms with Crippen LogP contribution in [0, 0.1) is 12.8 Å². The Bertz CT molecular complexity index is 686. The van der Waals surface area contributed by atoms with Crippen LogP contribution in [0.4, 0.5) is 0 Å². The smallest absolute Gasteiger partial charge is 0.243 e. The number of aryl methyl sites for hydroxylation is 1. The van der Waals surface area contributed by atoms with E-state index in [4.69, 9.17) is 9.47 Å². The van der Waals surface area contributed by atoms with Gasteiger partial charge in [0.05, 0.1) is 19.8 Å². The molecule has 2 heterocycles. The van der Waals surface area contributed by atoms with Gasteiger partial charge in [0, 0.05) is 39.7 Å². The number of benzene rings is 1. The second kappa shape index (κ2) is 9.89. The van der Waals surface area contributed by atoms with Crippen LogP contribution in [0.15, 0.2) is 29.3 Å². The molecule has 0 bridgehead atoms.